The van der Waals surface area contributed by atoms with E-state index in [1.807, 2.05) is 48.5 Å². The summed E-state index contributed by atoms with van der Waals surface area (Å²) in [5.74, 6) is 0.686. The van der Waals surface area contributed by atoms with Crippen LogP contribution in [0.25, 0.3) is 111 Å². The quantitative estimate of drug-likeness (QED) is 0.199. The summed E-state index contributed by atoms with van der Waals surface area (Å²) in [4.78, 5) is 10.3. The Balaban J connectivity index is 1.15. The molecule has 0 atom stereocenters. The van der Waals surface area contributed by atoms with E-state index in [2.05, 4.69) is 97.1 Å². The fraction of sp³-hybridized carbons (Fsp3) is 0. The first-order chi connectivity index (χ1) is 23.8. The first kappa shape index (κ1) is 25.6. The summed E-state index contributed by atoms with van der Waals surface area (Å²) < 4.78 is 12.6. The van der Waals surface area contributed by atoms with Gasteiger partial charge in [0.05, 0.1) is 11.4 Å². The molecule has 0 radical (unpaired) electrons. The van der Waals surface area contributed by atoms with Gasteiger partial charge in [0.25, 0.3) is 0 Å². The number of aromatic nitrogens is 2. The minimum atomic E-state index is 0.686. The van der Waals surface area contributed by atoms with Crippen molar-refractivity contribution in [3.05, 3.63) is 146 Å². The van der Waals surface area contributed by atoms with Gasteiger partial charge in [-0.25, -0.2) is 9.97 Å². The maximum atomic E-state index is 6.30. The van der Waals surface area contributed by atoms with Crippen molar-refractivity contribution < 1.29 is 8.83 Å². The fourth-order valence-corrected chi connectivity index (χ4v) is 7.72. The monoisotopic (exact) mass is 612 g/mol. The SMILES string of the molecule is c1ccc(-c2nc(-c3ccc4c(c3)oc3ccccc34)cc(-c3ccc4c5c(cccc35)-c3ccc5oc6ccccc6c5c3-4)n2)cc1. The average molecular weight is 613 g/mol. The summed E-state index contributed by atoms with van der Waals surface area (Å²) in [6, 6.07) is 50.6. The number of para-hydroxylation sites is 2. The molecule has 7 aromatic carbocycles. The van der Waals surface area contributed by atoms with Gasteiger partial charge in [-0.2, -0.15) is 0 Å². The number of hydrogen-bond donors (Lipinski definition) is 0. The third-order valence-corrected chi connectivity index (χ3v) is 9.85. The third-order valence-electron chi connectivity index (χ3n) is 9.85. The van der Waals surface area contributed by atoms with Gasteiger partial charge in [-0.05, 0) is 69.9 Å². The number of rotatable bonds is 3. The molecule has 0 saturated heterocycles. The summed E-state index contributed by atoms with van der Waals surface area (Å²) in [5, 5.41) is 6.93. The zero-order chi connectivity index (χ0) is 31.3. The van der Waals surface area contributed by atoms with Crippen LogP contribution in [0, 0.1) is 0 Å². The highest BCUT2D eigenvalue weighted by molar-refractivity contribution is 6.26. The lowest BCUT2D eigenvalue weighted by molar-refractivity contribution is 0.668. The Labute approximate surface area is 274 Å². The van der Waals surface area contributed by atoms with Crippen LogP contribution in [-0.2, 0) is 0 Å². The third kappa shape index (κ3) is 3.54. The molecule has 1 aliphatic rings. The van der Waals surface area contributed by atoms with E-state index >= 15 is 0 Å². The highest BCUT2D eigenvalue weighted by atomic mass is 16.3. The van der Waals surface area contributed by atoms with Crippen LogP contribution in [-0.4, -0.2) is 9.97 Å². The molecule has 1 aliphatic carbocycles. The Bertz CT molecular complexity index is 2950. The molecule has 0 spiro atoms. The Morgan fingerprint density at radius 1 is 0.354 bits per heavy atom. The van der Waals surface area contributed by atoms with E-state index < -0.39 is 0 Å². The van der Waals surface area contributed by atoms with Gasteiger partial charge >= 0.3 is 0 Å². The summed E-state index contributed by atoms with van der Waals surface area (Å²) in [6.07, 6.45) is 0. The first-order valence-electron chi connectivity index (χ1n) is 16.2. The Morgan fingerprint density at radius 2 is 1.04 bits per heavy atom. The summed E-state index contributed by atoms with van der Waals surface area (Å²) in [5.41, 5.74) is 13.2. The molecule has 0 bridgehead atoms. The average Bonchev–Trinajstić information content (AvgIpc) is 3.82. The number of nitrogens with zero attached hydrogens (tertiary/aromatic N) is 2. The molecule has 48 heavy (non-hydrogen) atoms. The highest BCUT2D eigenvalue weighted by Crippen LogP contribution is 2.53. The fourth-order valence-electron chi connectivity index (χ4n) is 7.72. The lowest BCUT2D eigenvalue weighted by Gasteiger charge is -2.12. The van der Waals surface area contributed by atoms with E-state index in [0.717, 1.165) is 66.6 Å². The van der Waals surface area contributed by atoms with E-state index in [1.54, 1.807) is 0 Å². The van der Waals surface area contributed by atoms with Gasteiger partial charge in [0.1, 0.15) is 22.3 Å². The Hall–Kier alpha value is -6.52. The predicted molar refractivity (Wildman–Crippen MR) is 195 cm³/mol. The van der Waals surface area contributed by atoms with Crippen LogP contribution >= 0.6 is 0 Å². The van der Waals surface area contributed by atoms with Crippen molar-refractivity contribution in [3.63, 3.8) is 0 Å². The van der Waals surface area contributed by atoms with Crippen molar-refractivity contribution in [1.29, 1.82) is 0 Å². The molecule has 4 heteroatoms. The van der Waals surface area contributed by atoms with E-state index in [-0.39, 0.29) is 0 Å². The molecule has 3 heterocycles. The molecule has 0 fully saturated rings. The van der Waals surface area contributed by atoms with E-state index in [1.165, 1.54) is 38.4 Å². The van der Waals surface area contributed by atoms with Gasteiger partial charge in [-0.1, -0.05) is 103 Å². The molecule has 0 amide bonds. The second-order valence-corrected chi connectivity index (χ2v) is 12.5. The van der Waals surface area contributed by atoms with Crippen molar-refractivity contribution >= 4 is 54.6 Å². The summed E-state index contributed by atoms with van der Waals surface area (Å²) in [7, 11) is 0. The molecule has 11 rings (SSSR count). The Morgan fingerprint density at radius 3 is 1.94 bits per heavy atom. The molecular formula is C44H24N2O2. The van der Waals surface area contributed by atoms with Crippen molar-refractivity contribution in [3.8, 4) is 56.2 Å². The second-order valence-electron chi connectivity index (χ2n) is 12.5. The Kier molecular flexibility index (Phi) is 5.08. The van der Waals surface area contributed by atoms with E-state index in [0.29, 0.717) is 5.82 Å². The van der Waals surface area contributed by atoms with Gasteiger partial charge in [-0.3, -0.25) is 0 Å². The molecule has 0 aliphatic heterocycles. The summed E-state index contributed by atoms with van der Waals surface area (Å²) >= 11 is 0. The predicted octanol–water partition coefficient (Wildman–Crippen LogP) is 12.1. The first-order valence-corrected chi connectivity index (χ1v) is 16.2. The van der Waals surface area contributed by atoms with Crippen molar-refractivity contribution in [1.82, 2.24) is 9.97 Å². The number of hydrogen-bond acceptors (Lipinski definition) is 4. The van der Waals surface area contributed by atoms with Crippen LogP contribution in [0.3, 0.4) is 0 Å². The largest absolute Gasteiger partial charge is 0.456 e. The molecular weight excluding hydrogens is 588 g/mol. The lowest BCUT2D eigenvalue weighted by atomic mass is 9.95. The van der Waals surface area contributed by atoms with Gasteiger partial charge < -0.3 is 8.83 Å². The van der Waals surface area contributed by atoms with Crippen LogP contribution < -0.4 is 0 Å². The number of benzene rings is 7. The van der Waals surface area contributed by atoms with Gasteiger partial charge in [0.15, 0.2) is 5.82 Å². The summed E-state index contributed by atoms with van der Waals surface area (Å²) in [6.45, 7) is 0. The van der Waals surface area contributed by atoms with E-state index in [4.69, 9.17) is 18.8 Å². The number of fused-ring (bicyclic) bond motifs is 10. The molecule has 10 aromatic rings. The molecule has 0 saturated carbocycles. The van der Waals surface area contributed by atoms with Crippen LogP contribution in [0.4, 0.5) is 0 Å². The van der Waals surface area contributed by atoms with Gasteiger partial charge in [0, 0.05) is 43.8 Å². The van der Waals surface area contributed by atoms with Crippen molar-refractivity contribution in [2.75, 3.05) is 0 Å². The van der Waals surface area contributed by atoms with Crippen LogP contribution in [0.5, 0.6) is 0 Å². The molecule has 0 N–H and O–H groups in total. The lowest BCUT2D eigenvalue weighted by Crippen LogP contribution is -1.96. The minimum absolute atomic E-state index is 0.686. The normalized spacial score (nSPS) is 12.2. The zero-order valence-electron chi connectivity index (χ0n) is 25.6. The maximum absolute atomic E-state index is 6.30. The standard InChI is InChI=1S/C44H24N2O2/c1-2-9-25(10-3-1)44-45-35(26-17-18-29-28-11-4-6-15-37(28)48-40(29)23-26)24-36(46-44)27-19-20-34-41-30(27)13-8-14-31(41)32-21-22-39-43(42(32)34)33-12-5-7-16-38(33)47-39/h1-24H. The van der Waals surface area contributed by atoms with Crippen LogP contribution in [0.1, 0.15) is 0 Å². The second kappa shape index (κ2) is 9.50. The topological polar surface area (TPSA) is 52.1 Å². The van der Waals surface area contributed by atoms with Crippen molar-refractivity contribution in [2.45, 2.75) is 0 Å². The molecule has 0 unspecified atom stereocenters. The minimum Gasteiger partial charge on any atom is -0.456 e. The van der Waals surface area contributed by atoms with Gasteiger partial charge in [0.2, 0.25) is 0 Å². The van der Waals surface area contributed by atoms with Gasteiger partial charge in [-0.15, -0.1) is 0 Å². The van der Waals surface area contributed by atoms with Crippen LogP contribution in [0.15, 0.2) is 154 Å². The van der Waals surface area contributed by atoms with Crippen LogP contribution in [0.2, 0.25) is 0 Å². The smallest absolute Gasteiger partial charge is 0.160 e. The maximum Gasteiger partial charge on any atom is 0.160 e. The molecule has 4 nitrogen and oxygen atoms in total. The van der Waals surface area contributed by atoms with Crippen molar-refractivity contribution in [2.24, 2.45) is 0 Å². The zero-order valence-corrected chi connectivity index (χ0v) is 25.6. The van der Waals surface area contributed by atoms with E-state index in [9.17, 15) is 0 Å². The highest BCUT2D eigenvalue weighted by Gasteiger charge is 2.27. The molecule has 3 aromatic heterocycles. The number of furan rings is 2. The molecule has 222 valence electrons.